The molecular weight excluding hydrogens is 418 g/mol. The van der Waals surface area contributed by atoms with Gasteiger partial charge < -0.3 is 10.2 Å². The molecule has 140 valence electrons. The van der Waals surface area contributed by atoms with Gasteiger partial charge >= 0.3 is 11.9 Å². The van der Waals surface area contributed by atoms with E-state index in [9.17, 15) is 19.8 Å². The minimum atomic E-state index is -1.24. The Morgan fingerprint density at radius 1 is 1.31 bits per heavy atom. The Balaban J connectivity index is 1.91. The second-order valence-corrected chi connectivity index (χ2v) is 9.74. The summed E-state index contributed by atoms with van der Waals surface area (Å²) < 4.78 is 0.951. The van der Waals surface area contributed by atoms with E-state index in [0.29, 0.717) is 16.5 Å². The summed E-state index contributed by atoms with van der Waals surface area (Å²) in [4.78, 5) is 27.8. The molecule has 1 heterocycles. The number of allylic oxidation sites excluding steroid dienone is 2. The average Bonchev–Trinajstić information content (AvgIpc) is 2.96. The third-order valence-corrected chi connectivity index (χ3v) is 7.11. The second-order valence-electron chi connectivity index (χ2n) is 7.42. The van der Waals surface area contributed by atoms with Crippen LogP contribution in [0.15, 0.2) is 21.5 Å². The van der Waals surface area contributed by atoms with Crippen molar-refractivity contribution in [2.75, 3.05) is 0 Å². The highest BCUT2D eigenvalue weighted by Gasteiger charge is 2.37. The lowest BCUT2D eigenvalue weighted by Gasteiger charge is -2.25. The van der Waals surface area contributed by atoms with E-state index >= 15 is 0 Å². The summed E-state index contributed by atoms with van der Waals surface area (Å²) in [5.74, 6) is -1.47. The monoisotopic (exact) mass is 439 g/mol. The molecule has 7 heteroatoms. The Kier molecular flexibility index (Phi) is 5.67. The molecule has 1 aromatic heterocycles. The number of aliphatic carboxylic acids is 2. The molecule has 0 saturated heterocycles. The van der Waals surface area contributed by atoms with Crippen molar-refractivity contribution in [3.05, 3.63) is 32.2 Å². The quantitative estimate of drug-likeness (QED) is 0.679. The van der Waals surface area contributed by atoms with Crippen LogP contribution < -0.4 is 0 Å². The standard InChI is InChI=1S/C19H22BrNO4S/c1-19(18(24)25)9-12(8-13(10-19)17(22)23)16-21-14(15(20)26-16)7-11-5-3-2-4-6-11/h8-9,11H,2-7,10H2,1H3,(H,22,23)(H,24,25). The van der Waals surface area contributed by atoms with E-state index in [2.05, 4.69) is 15.9 Å². The zero-order chi connectivity index (χ0) is 18.9. The lowest BCUT2D eigenvalue weighted by Crippen LogP contribution is -2.29. The fourth-order valence-electron chi connectivity index (χ4n) is 3.72. The third kappa shape index (κ3) is 4.09. The van der Waals surface area contributed by atoms with Crippen LogP contribution in [0.1, 0.15) is 56.2 Å². The minimum absolute atomic E-state index is 0.0252. The van der Waals surface area contributed by atoms with Crippen LogP contribution in [-0.4, -0.2) is 27.1 Å². The lowest BCUT2D eigenvalue weighted by atomic mass is 9.78. The molecule has 0 amide bonds. The van der Waals surface area contributed by atoms with Crippen molar-refractivity contribution in [3.63, 3.8) is 0 Å². The number of hydrogen-bond donors (Lipinski definition) is 2. The number of rotatable bonds is 5. The summed E-state index contributed by atoms with van der Waals surface area (Å²) in [6.45, 7) is 1.55. The molecule has 0 spiro atoms. The number of halogens is 1. The molecule has 0 aliphatic heterocycles. The topological polar surface area (TPSA) is 87.5 Å². The van der Waals surface area contributed by atoms with Gasteiger partial charge in [0.25, 0.3) is 0 Å². The van der Waals surface area contributed by atoms with Gasteiger partial charge in [0.2, 0.25) is 0 Å². The fraction of sp³-hybridized carbons (Fsp3) is 0.526. The highest BCUT2D eigenvalue weighted by molar-refractivity contribution is 9.11. The van der Waals surface area contributed by atoms with Crippen molar-refractivity contribution >= 4 is 44.8 Å². The Labute approximate surface area is 165 Å². The van der Waals surface area contributed by atoms with Gasteiger partial charge in [0.1, 0.15) is 5.01 Å². The van der Waals surface area contributed by atoms with Crippen LogP contribution in [0, 0.1) is 11.3 Å². The number of nitrogens with zero attached hydrogens (tertiary/aromatic N) is 1. The van der Waals surface area contributed by atoms with Crippen molar-refractivity contribution in [3.8, 4) is 0 Å². The van der Waals surface area contributed by atoms with Crippen LogP contribution in [0.5, 0.6) is 0 Å². The van der Waals surface area contributed by atoms with Crippen molar-refractivity contribution in [1.29, 1.82) is 0 Å². The number of carbonyl (C=O) groups is 2. The van der Waals surface area contributed by atoms with Gasteiger partial charge in [-0.1, -0.05) is 38.2 Å². The lowest BCUT2D eigenvalue weighted by molar-refractivity contribution is -0.145. The van der Waals surface area contributed by atoms with Gasteiger partial charge in [0.15, 0.2) is 0 Å². The molecule has 3 rings (SSSR count). The highest BCUT2D eigenvalue weighted by Crippen LogP contribution is 2.41. The molecule has 0 radical (unpaired) electrons. The van der Waals surface area contributed by atoms with E-state index in [1.54, 1.807) is 19.1 Å². The van der Waals surface area contributed by atoms with E-state index < -0.39 is 17.4 Å². The van der Waals surface area contributed by atoms with Crippen LogP contribution in [-0.2, 0) is 16.0 Å². The maximum Gasteiger partial charge on any atom is 0.331 e. The third-order valence-electron chi connectivity index (χ3n) is 5.23. The Morgan fingerprint density at radius 3 is 2.62 bits per heavy atom. The van der Waals surface area contributed by atoms with Gasteiger partial charge in [-0.3, -0.25) is 4.79 Å². The van der Waals surface area contributed by atoms with E-state index in [-0.39, 0.29) is 12.0 Å². The first-order valence-corrected chi connectivity index (χ1v) is 10.4. The number of aromatic nitrogens is 1. The molecular formula is C19H22BrNO4S. The van der Waals surface area contributed by atoms with Crippen LogP contribution >= 0.6 is 27.3 Å². The van der Waals surface area contributed by atoms with E-state index in [0.717, 1.165) is 15.9 Å². The predicted octanol–water partition coefficient (Wildman–Crippen LogP) is 4.92. The van der Waals surface area contributed by atoms with Gasteiger partial charge in [-0.25, -0.2) is 9.78 Å². The normalized spacial score (nSPS) is 24.1. The SMILES string of the molecule is CC1(C(=O)O)C=C(c2nc(CC3CCCCC3)c(Br)s2)C=C(C(=O)O)C1. The summed E-state index contributed by atoms with van der Waals surface area (Å²) in [7, 11) is 0. The Bertz CT molecular complexity index is 791. The molecule has 1 aromatic rings. The zero-order valence-corrected chi connectivity index (χ0v) is 17.0. The first-order valence-electron chi connectivity index (χ1n) is 8.84. The molecule has 0 bridgehead atoms. The van der Waals surface area contributed by atoms with Gasteiger partial charge in [-0.2, -0.15) is 0 Å². The van der Waals surface area contributed by atoms with Crippen LogP contribution in [0.25, 0.3) is 5.57 Å². The van der Waals surface area contributed by atoms with Crippen LogP contribution in [0.2, 0.25) is 0 Å². The van der Waals surface area contributed by atoms with E-state index in [1.807, 2.05) is 0 Å². The van der Waals surface area contributed by atoms with E-state index in [4.69, 9.17) is 4.98 Å². The maximum atomic E-state index is 11.7. The largest absolute Gasteiger partial charge is 0.481 e. The predicted molar refractivity (Wildman–Crippen MR) is 104 cm³/mol. The first kappa shape index (κ1) is 19.3. The molecule has 0 aromatic carbocycles. The van der Waals surface area contributed by atoms with Crippen molar-refractivity contribution in [2.45, 2.75) is 51.9 Å². The summed E-state index contributed by atoms with van der Waals surface area (Å²) >= 11 is 5.03. The molecule has 2 aliphatic carbocycles. The fourth-order valence-corrected chi connectivity index (χ4v) is 5.23. The van der Waals surface area contributed by atoms with Gasteiger partial charge in [0.05, 0.1) is 14.9 Å². The molecule has 1 saturated carbocycles. The molecule has 2 aliphatic rings. The molecule has 1 unspecified atom stereocenters. The zero-order valence-electron chi connectivity index (χ0n) is 14.6. The highest BCUT2D eigenvalue weighted by atomic mass is 79.9. The molecule has 2 N–H and O–H groups in total. The second kappa shape index (κ2) is 7.64. The van der Waals surface area contributed by atoms with Crippen molar-refractivity contribution < 1.29 is 19.8 Å². The van der Waals surface area contributed by atoms with Crippen molar-refractivity contribution in [2.24, 2.45) is 11.3 Å². The number of carboxylic acids is 2. The summed E-state index contributed by atoms with van der Waals surface area (Å²) in [5, 5.41) is 19.6. The molecule has 26 heavy (non-hydrogen) atoms. The molecule has 1 fully saturated rings. The summed E-state index contributed by atoms with van der Waals surface area (Å²) in [6.07, 6.45) is 10.4. The van der Waals surface area contributed by atoms with Gasteiger partial charge in [-0.15, -0.1) is 11.3 Å². The van der Waals surface area contributed by atoms with Gasteiger partial charge in [0, 0.05) is 11.1 Å². The number of carboxylic acid groups (broad SMARTS) is 2. The molecule has 5 nitrogen and oxygen atoms in total. The number of thiazole rings is 1. The molecule has 1 atom stereocenters. The Hall–Kier alpha value is -1.47. The van der Waals surface area contributed by atoms with Gasteiger partial charge in [-0.05, 0) is 47.7 Å². The van der Waals surface area contributed by atoms with Crippen LogP contribution in [0.3, 0.4) is 0 Å². The Morgan fingerprint density at radius 2 is 2.00 bits per heavy atom. The maximum absolute atomic E-state index is 11.7. The van der Waals surface area contributed by atoms with Crippen molar-refractivity contribution in [1.82, 2.24) is 4.98 Å². The summed E-state index contributed by atoms with van der Waals surface area (Å²) in [6, 6.07) is 0. The summed E-state index contributed by atoms with van der Waals surface area (Å²) in [5.41, 5.74) is 0.442. The smallest absolute Gasteiger partial charge is 0.331 e. The number of hydrogen-bond acceptors (Lipinski definition) is 4. The first-order chi connectivity index (χ1) is 12.3. The van der Waals surface area contributed by atoms with E-state index in [1.165, 1.54) is 43.4 Å². The minimum Gasteiger partial charge on any atom is -0.481 e. The average molecular weight is 440 g/mol. The van der Waals surface area contributed by atoms with Crippen LogP contribution in [0.4, 0.5) is 0 Å².